The number of fused-ring (bicyclic) bond motifs is 2. The van der Waals surface area contributed by atoms with Gasteiger partial charge < -0.3 is 36.0 Å². The summed E-state index contributed by atoms with van der Waals surface area (Å²) in [6.07, 6.45) is 1.52. The third-order valence-corrected chi connectivity index (χ3v) is 13.1. The first-order valence-electron chi connectivity index (χ1n) is 20.8. The fourth-order valence-corrected chi connectivity index (χ4v) is 9.87. The van der Waals surface area contributed by atoms with Gasteiger partial charge in [-0.15, -0.1) is 0 Å². The predicted octanol–water partition coefficient (Wildman–Crippen LogP) is 5.35. The molecule has 0 spiro atoms. The minimum absolute atomic E-state index is 0.0666. The molecule has 0 radical (unpaired) electrons. The molecule has 11 nitrogen and oxygen atoms in total. The number of likely N-dealkylation sites (N-methyl/N-ethyl adjacent to an activating group) is 1. The average Bonchev–Trinajstić information content (AvgIpc) is 3.54. The lowest BCUT2D eigenvalue weighted by molar-refractivity contribution is -0.176. The molecule has 3 aromatic rings. The van der Waals surface area contributed by atoms with Crippen LogP contribution in [0.25, 0.3) is 11.1 Å². The summed E-state index contributed by atoms with van der Waals surface area (Å²) in [6.45, 7) is 12.1. The molecule has 0 unspecified atom stereocenters. The van der Waals surface area contributed by atoms with Crippen molar-refractivity contribution in [3.05, 3.63) is 83.4 Å². The third-order valence-electron chi connectivity index (χ3n) is 13.1. The summed E-state index contributed by atoms with van der Waals surface area (Å²) in [6, 6.07) is 21.3. The quantitative estimate of drug-likeness (QED) is 0.152. The molecule has 4 aliphatic rings. The summed E-state index contributed by atoms with van der Waals surface area (Å²) in [5.41, 5.74) is 11.6. The number of anilines is 1. The molecule has 5 N–H and O–H groups in total. The highest BCUT2D eigenvalue weighted by Gasteiger charge is 2.57. The van der Waals surface area contributed by atoms with Gasteiger partial charge in [0, 0.05) is 67.6 Å². The van der Waals surface area contributed by atoms with Crippen LogP contribution >= 0.6 is 0 Å². The predicted molar refractivity (Wildman–Crippen MR) is 227 cm³/mol. The van der Waals surface area contributed by atoms with Crippen LogP contribution in [0, 0.1) is 29.1 Å². The van der Waals surface area contributed by atoms with E-state index in [4.69, 9.17) is 15.3 Å². The van der Waals surface area contributed by atoms with Crippen molar-refractivity contribution in [1.82, 2.24) is 20.6 Å². The molecule has 2 amide bonds. The Morgan fingerprint density at radius 2 is 1.79 bits per heavy atom. The van der Waals surface area contributed by atoms with Crippen LogP contribution in [0.1, 0.15) is 68.9 Å². The van der Waals surface area contributed by atoms with Gasteiger partial charge in [0.2, 0.25) is 5.91 Å². The topological polar surface area (TPSA) is 133 Å². The second-order valence-corrected chi connectivity index (χ2v) is 17.8. The van der Waals surface area contributed by atoms with Crippen LogP contribution in [0.5, 0.6) is 5.75 Å². The number of nitrogens with two attached hydrogens (primary N) is 1. The highest BCUT2D eigenvalue weighted by atomic mass is 16.7. The minimum Gasteiger partial charge on any atom is -0.493 e. The van der Waals surface area contributed by atoms with E-state index in [0.717, 1.165) is 34.4 Å². The van der Waals surface area contributed by atoms with Crippen LogP contribution < -0.4 is 26.0 Å². The van der Waals surface area contributed by atoms with E-state index in [9.17, 15) is 14.7 Å². The van der Waals surface area contributed by atoms with E-state index in [1.54, 1.807) is 12.0 Å². The van der Waals surface area contributed by atoms with Gasteiger partial charge in [-0.2, -0.15) is 5.06 Å². The standard InChI is InChI=1S/C46H66N6O5/c1-10-56-43-31(26-52-42(41(29(3)53)40(25-47)57-52)45(55)49-39-24-34-23-38(28(39)2)46(34,4)5)17-14-18-37(43)32-20-33(22-36(21-32)51(8)9)44(54)48-35(27-50(6)7)19-30-15-12-11-13-16-30/h11-18,20-22,28-29,34-35,38-42,53H,10,19,23-27,47H2,1-9H3,(H,48,54)(H,49,55)/t28-,29-,34+,35-,38+,39-,40-,41+,42-/m0/s1. The Hall–Kier alpha value is -4.00. The van der Waals surface area contributed by atoms with Crippen LogP contribution in [-0.2, 0) is 22.6 Å². The van der Waals surface area contributed by atoms with Gasteiger partial charge in [-0.25, -0.2) is 0 Å². The van der Waals surface area contributed by atoms with E-state index in [0.29, 0.717) is 54.1 Å². The van der Waals surface area contributed by atoms with Gasteiger partial charge >= 0.3 is 0 Å². The van der Waals surface area contributed by atoms with Crippen molar-refractivity contribution < 1.29 is 24.3 Å². The Morgan fingerprint density at radius 3 is 2.40 bits per heavy atom. The number of nitrogens with one attached hydrogen (secondary N) is 2. The number of benzene rings is 3. The molecule has 9 atom stereocenters. The molecule has 1 aliphatic heterocycles. The molecule has 4 fully saturated rings. The van der Waals surface area contributed by atoms with Crippen molar-refractivity contribution in [3.8, 4) is 16.9 Å². The maximum absolute atomic E-state index is 14.4. The van der Waals surface area contributed by atoms with Crippen LogP contribution in [0.3, 0.4) is 0 Å². The van der Waals surface area contributed by atoms with E-state index >= 15 is 0 Å². The normalized spacial score (nSPS) is 26.4. The Balaban J connectivity index is 1.30. The first kappa shape index (κ1) is 42.6. The lowest BCUT2D eigenvalue weighted by atomic mass is 9.45. The maximum Gasteiger partial charge on any atom is 0.251 e. The number of rotatable bonds is 16. The molecule has 7 rings (SSSR count). The van der Waals surface area contributed by atoms with Crippen molar-refractivity contribution in [1.29, 1.82) is 0 Å². The first-order valence-corrected chi connectivity index (χ1v) is 20.8. The van der Waals surface area contributed by atoms with E-state index < -0.39 is 24.2 Å². The molecule has 1 saturated heterocycles. The Kier molecular flexibility index (Phi) is 13.4. The second kappa shape index (κ2) is 17.9. The molecule has 3 aromatic carbocycles. The van der Waals surface area contributed by atoms with Crippen molar-refractivity contribution in [3.63, 3.8) is 0 Å². The molecule has 2 bridgehead atoms. The zero-order valence-electron chi connectivity index (χ0n) is 35.5. The summed E-state index contributed by atoms with van der Waals surface area (Å²) in [5.74, 6) is 1.35. The number of ether oxygens (including phenoxy) is 1. The van der Waals surface area contributed by atoms with Gasteiger partial charge in [-0.3, -0.25) is 14.4 Å². The first-order chi connectivity index (χ1) is 27.1. The lowest BCUT2D eigenvalue weighted by Gasteiger charge is -2.62. The van der Waals surface area contributed by atoms with E-state index in [-0.39, 0.29) is 37.0 Å². The number of hydroxylamine groups is 2. The highest BCUT2D eigenvalue weighted by Crippen LogP contribution is 2.61. The van der Waals surface area contributed by atoms with Crippen molar-refractivity contribution in [2.24, 2.45) is 34.8 Å². The van der Waals surface area contributed by atoms with Gasteiger partial charge in [0.15, 0.2) is 0 Å². The molecule has 1 heterocycles. The fourth-order valence-electron chi connectivity index (χ4n) is 9.87. The zero-order valence-corrected chi connectivity index (χ0v) is 35.5. The number of carbonyl (C=O) groups excluding carboxylic acids is 2. The second-order valence-electron chi connectivity index (χ2n) is 17.8. The number of carbonyl (C=O) groups is 2. The fraction of sp³-hybridized carbons (Fsp3) is 0.565. The Morgan fingerprint density at radius 1 is 1.05 bits per heavy atom. The number of aliphatic hydroxyl groups excluding tert-OH is 1. The number of nitrogens with zero attached hydrogens (tertiary/aromatic N) is 3. The summed E-state index contributed by atoms with van der Waals surface area (Å²) in [5, 5.41) is 19.5. The molecular formula is C46H66N6O5. The monoisotopic (exact) mass is 783 g/mol. The van der Waals surface area contributed by atoms with Crippen LogP contribution in [0.4, 0.5) is 5.69 Å². The zero-order chi connectivity index (χ0) is 41.2. The van der Waals surface area contributed by atoms with Crippen molar-refractivity contribution in [2.45, 2.75) is 90.8 Å². The molecule has 0 aromatic heterocycles. The summed E-state index contributed by atoms with van der Waals surface area (Å²) in [4.78, 5) is 39.0. The third kappa shape index (κ3) is 9.18. The van der Waals surface area contributed by atoms with Gasteiger partial charge in [0.05, 0.1) is 25.4 Å². The van der Waals surface area contributed by atoms with Crippen LogP contribution in [0.2, 0.25) is 0 Å². The van der Waals surface area contributed by atoms with E-state index in [1.807, 2.05) is 88.5 Å². The van der Waals surface area contributed by atoms with Crippen LogP contribution in [0.15, 0.2) is 66.7 Å². The number of hydrogen-bond donors (Lipinski definition) is 4. The van der Waals surface area contributed by atoms with Gasteiger partial charge in [0.25, 0.3) is 5.91 Å². The molecule has 3 saturated carbocycles. The maximum atomic E-state index is 14.4. The van der Waals surface area contributed by atoms with E-state index in [2.05, 4.69) is 54.5 Å². The minimum atomic E-state index is -0.823. The number of hydrogen-bond acceptors (Lipinski definition) is 9. The van der Waals surface area contributed by atoms with Gasteiger partial charge in [-0.1, -0.05) is 69.3 Å². The number of para-hydroxylation sites is 1. The molecule has 310 valence electrons. The molecule has 57 heavy (non-hydrogen) atoms. The summed E-state index contributed by atoms with van der Waals surface area (Å²) >= 11 is 0. The molecular weight excluding hydrogens is 717 g/mol. The average molecular weight is 783 g/mol. The highest BCUT2D eigenvalue weighted by molar-refractivity contribution is 5.97. The summed E-state index contributed by atoms with van der Waals surface area (Å²) in [7, 11) is 7.95. The summed E-state index contributed by atoms with van der Waals surface area (Å²) < 4.78 is 6.43. The Bertz CT molecular complexity index is 1850. The lowest BCUT2D eigenvalue weighted by Crippen LogP contribution is -2.62. The van der Waals surface area contributed by atoms with Crippen molar-refractivity contribution >= 4 is 17.5 Å². The smallest absolute Gasteiger partial charge is 0.251 e. The largest absolute Gasteiger partial charge is 0.493 e. The Labute approximate surface area is 340 Å². The SMILES string of the molecule is CCOc1c(CN2O[C@@H](CN)[C@@H]([C@H](C)O)[C@H]2C(=O)N[C@H]2C[C@H]3C[C@H]([C@@H]2C)C3(C)C)cccc1-c1cc(C(=O)N[C@@H](Cc2ccccc2)CN(C)C)cc(N(C)C)c1. The van der Waals surface area contributed by atoms with Crippen molar-refractivity contribution in [2.75, 3.05) is 52.8 Å². The molecule has 11 heteroatoms. The molecule has 3 aliphatic carbocycles. The van der Waals surface area contributed by atoms with E-state index in [1.165, 1.54) is 6.42 Å². The van der Waals surface area contributed by atoms with Crippen LogP contribution in [-0.4, -0.2) is 105 Å². The number of amides is 2. The van der Waals surface area contributed by atoms with Gasteiger partial charge in [0.1, 0.15) is 11.8 Å². The number of aliphatic hydroxyl groups is 1. The van der Waals surface area contributed by atoms with Gasteiger partial charge in [-0.05, 0) is 99.7 Å².